The van der Waals surface area contributed by atoms with E-state index in [2.05, 4.69) is 5.18 Å². The number of nitrogens with two attached hydrogens (primary N) is 1. The van der Waals surface area contributed by atoms with Crippen LogP contribution in [-0.4, -0.2) is 17.4 Å². The Morgan fingerprint density at radius 2 is 2.10 bits per heavy atom. The highest BCUT2D eigenvalue weighted by atomic mass is 16.3. The van der Waals surface area contributed by atoms with Crippen LogP contribution in [0, 0.1) is 10.8 Å². The molecule has 0 amide bonds. The lowest BCUT2D eigenvalue weighted by atomic mass is 10.0. The molecule has 60 valence electrons. The maximum absolute atomic E-state index is 9.99. The summed E-state index contributed by atoms with van der Waals surface area (Å²) in [4.78, 5) is 9.99. The summed E-state index contributed by atoms with van der Waals surface area (Å²) >= 11 is 0. The third-order valence-corrected chi connectivity index (χ3v) is 1.24. The van der Waals surface area contributed by atoms with Crippen LogP contribution in [0.15, 0.2) is 5.18 Å². The van der Waals surface area contributed by atoms with E-state index in [4.69, 9.17) is 10.8 Å². The molecule has 0 fully saturated rings. The highest BCUT2D eigenvalue weighted by Crippen LogP contribution is 2.08. The number of aliphatic hydroxyl groups excluding tert-OH is 1. The van der Waals surface area contributed by atoms with E-state index in [0.717, 1.165) is 0 Å². The molecule has 1 unspecified atom stereocenters. The standard InChI is InChI=1S/C6H14N2O2/c1-4(2)3-5(8-10)6(7)9/h4-6,9H,3,7H2,1-2H3/t5-,6?/m0/s1. The first kappa shape index (κ1) is 9.52. The van der Waals surface area contributed by atoms with Gasteiger partial charge < -0.3 is 10.8 Å². The second-order valence-electron chi connectivity index (χ2n) is 2.79. The van der Waals surface area contributed by atoms with Gasteiger partial charge in [-0.3, -0.25) is 0 Å². The SMILES string of the molecule is CC(C)C[C@H](N=O)C(N)O. The third-order valence-electron chi connectivity index (χ3n) is 1.24. The van der Waals surface area contributed by atoms with Gasteiger partial charge in [0.1, 0.15) is 12.3 Å². The van der Waals surface area contributed by atoms with E-state index < -0.39 is 12.3 Å². The number of nitrogens with zero attached hydrogens (tertiary/aromatic N) is 1. The van der Waals surface area contributed by atoms with Gasteiger partial charge >= 0.3 is 0 Å². The van der Waals surface area contributed by atoms with E-state index >= 15 is 0 Å². The van der Waals surface area contributed by atoms with Crippen molar-refractivity contribution >= 4 is 0 Å². The molecular weight excluding hydrogens is 132 g/mol. The van der Waals surface area contributed by atoms with Gasteiger partial charge in [0, 0.05) is 0 Å². The molecule has 0 spiro atoms. The maximum atomic E-state index is 9.99. The third kappa shape index (κ3) is 3.53. The smallest absolute Gasteiger partial charge is 0.131 e. The summed E-state index contributed by atoms with van der Waals surface area (Å²) in [7, 11) is 0. The van der Waals surface area contributed by atoms with Crippen LogP contribution in [0.1, 0.15) is 20.3 Å². The Morgan fingerprint density at radius 3 is 2.20 bits per heavy atom. The van der Waals surface area contributed by atoms with Gasteiger partial charge in [-0.25, -0.2) is 0 Å². The molecule has 10 heavy (non-hydrogen) atoms. The largest absolute Gasteiger partial charge is 0.376 e. The first-order valence-electron chi connectivity index (χ1n) is 3.34. The minimum absolute atomic E-state index is 0.334. The average Bonchev–Trinajstić information content (AvgIpc) is 1.81. The van der Waals surface area contributed by atoms with Crippen LogP contribution in [0.4, 0.5) is 0 Å². The van der Waals surface area contributed by atoms with Crippen LogP contribution < -0.4 is 5.73 Å². The summed E-state index contributed by atoms with van der Waals surface area (Å²) in [5.41, 5.74) is 5.06. The monoisotopic (exact) mass is 146 g/mol. The number of nitroso groups, excluding NO2 is 1. The first-order valence-corrected chi connectivity index (χ1v) is 3.34. The van der Waals surface area contributed by atoms with E-state index in [1.54, 1.807) is 0 Å². The van der Waals surface area contributed by atoms with Crippen LogP contribution in [0.3, 0.4) is 0 Å². The fourth-order valence-corrected chi connectivity index (χ4v) is 0.728. The predicted octanol–water partition coefficient (Wildman–Crippen LogP) is 0.445. The van der Waals surface area contributed by atoms with Gasteiger partial charge in [0.15, 0.2) is 0 Å². The van der Waals surface area contributed by atoms with E-state index in [-0.39, 0.29) is 0 Å². The second-order valence-corrected chi connectivity index (χ2v) is 2.79. The van der Waals surface area contributed by atoms with Crippen molar-refractivity contribution in [3.63, 3.8) is 0 Å². The van der Waals surface area contributed by atoms with E-state index in [0.29, 0.717) is 12.3 Å². The molecular formula is C6H14N2O2. The lowest BCUT2D eigenvalue weighted by molar-refractivity contribution is 0.141. The van der Waals surface area contributed by atoms with Crippen molar-refractivity contribution in [3.8, 4) is 0 Å². The average molecular weight is 146 g/mol. The van der Waals surface area contributed by atoms with Crippen molar-refractivity contribution in [2.75, 3.05) is 0 Å². The molecule has 0 aromatic carbocycles. The van der Waals surface area contributed by atoms with Crippen molar-refractivity contribution in [2.45, 2.75) is 32.5 Å². The Hall–Kier alpha value is -0.480. The lowest BCUT2D eigenvalue weighted by Gasteiger charge is -2.13. The summed E-state index contributed by atoms with van der Waals surface area (Å²) < 4.78 is 0. The summed E-state index contributed by atoms with van der Waals surface area (Å²) in [5.74, 6) is 0.334. The second kappa shape index (κ2) is 4.35. The highest BCUT2D eigenvalue weighted by Gasteiger charge is 2.16. The molecule has 4 nitrogen and oxygen atoms in total. The van der Waals surface area contributed by atoms with E-state index in [1.165, 1.54) is 0 Å². The molecule has 0 aliphatic carbocycles. The van der Waals surface area contributed by atoms with Crippen LogP contribution >= 0.6 is 0 Å². The van der Waals surface area contributed by atoms with Crippen molar-refractivity contribution < 1.29 is 5.11 Å². The molecule has 0 radical (unpaired) electrons. The summed E-state index contributed by atoms with van der Waals surface area (Å²) in [6.45, 7) is 3.89. The Bertz CT molecular complexity index is 104. The molecule has 0 aromatic rings. The highest BCUT2D eigenvalue weighted by molar-refractivity contribution is 4.71. The number of hydrogen-bond acceptors (Lipinski definition) is 4. The lowest BCUT2D eigenvalue weighted by Crippen LogP contribution is -2.33. The number of rotatable bonds is 4. The van der Waals surface area contributed by atoms with Crippen LogP contribution in [-0.2, 0) is 0 Å². The summed E-state index contributed by atoms with van der Waals surface area (Å²) in [6.07, 6.45) is -0.568. The van der Waals surface area contributed by atoms with Crippen molar-refractivity contribution in [3.05, 3.63) is 4.91 Å². The zero-order valence-corrected chi connectivity index (χ0v) is 6.32. The minimum atomic E-state index is -1.11. The maximum Gasteiger partial charge on any atom is 0.131 e. The molecule has 0 heterocycles. The van der Waals surface area contributed by atoms with Gasteiger partial charge in [0.25, 0.3) is 0 Å². The predicted molar refractivity (Wildman–Crippen MR) is 39.2 cm³/mol. The van der Waals surface area contributed by atoms with Crippen molar-refractivity contribution in [2.24, 2.45) is 16.8 Å². The van der Waals surface area contributed by atoms with Crippen molar-refractivity contribution in [1.29, 1.82) is 0 Å². The van der Waals surface area contributed by atoms with Gasteiger partial charge in [0.2, 0.25) is 0 Å². The zero-order valence-electron chi connectivity index (χ0n) is 6.32. The molecule has 0 aliphatic rings. The summed E-state index contributed by atoms with van der Waals surface area (Å²) in [5, 5.41) is 11.4. The molecule has 0 aliphatic heterocycles. The molecule has 0 saturated heterocycles. The van der Waals surface area contributed by atoms with Crippen LogP contribution in [0.2, 0.25) is 0 Å². The van der Waals surface area contributed by atoms with Gasteiger partial charge in [-0.15, -0.1) is 0 Å². The minimum Gasteiger partial charge on any atom is -0.376 e. The van der Waals surface area contributed by atoms with Crippen molar-refractivity contribution in [1.82, 2.24) is 0 Å². The molecule has 0 bridgehead atoms. The van der Waals surface area contributed by atoms with Crippen LogP contribution in [0.25, 0.3) is 0 Å². The van der Waals surface area contributed by atoms with Crippen LogP contribution in [0.5, 0.6) is 0 Å². The Balaban J connectivity index is 3.71. The molecule has 0 rings (SSSR count). The number of hydrogen-bond donors (Lipinski definition) is 2. The number of aliphatic hydroxyl groups is 1. The fourth-order valence-electron chi connectivity index (χ4n) is 0.728. The first-order chi connectivity index (χ1) is 4.57. The topological polar surface area (TPSA) is 75.7 Å². The molecule has 2 atom stereocenters. The Kier molecular flexibility index (Phi) is 4.14. The quantitative estimate of drug-likeness (QED) is 0.446. The Labute approximate surface area is 60.4 Å². The van der Waals surface area contributed by atoms with E-state index in [9.17, 15) is 4.91 Å². The normalized spacial score (nSPS) is 16.9. The molecule has 0 aromatic heterocycles. The van der Waals surface area contributed by atoms with Gasteiger partial charge in [-0.2, -0.15) is 4.91 Å². The summed E-state index contributed by atoms with van der Waals surface area (Å²) in [6, 6.07) is -0.653. The van der Waals surface area contributed by atoms with Gasteiger partial charge in [-0.05, 0) is 12.3 Å². The van der Waals surface area contributed by atoms with Gasteiger partial charge in [0.05, 0.1) is 0 Å². The molecule has 3 N–H and O–H groups in total. The van der Waals surface area contributed by atoms with E-state index in [1.807, 2.05) is 13.8 Å². The Morgan fingerprint density at radius 1 is 1.60 bits per heavy atom. The van der Waals surface area contributed by atoms with Gasteiger partial charge in [-0.1, -0.05) is 19.0 Å². The fraction of sp³-hybridized carbons (Fsp3) is 1.00. The molecule has 4 heteroatoms. The molecule has 0 saturated carbocycles. The zero-order chi connectivity index (χ0) is 8.15.